The maximum absolute atomic E-state index is 11.2. The number of methoxy groups -OCH3 is 1. The van der Waals surface area contributed by atoms with Crippen molar-refractivity contribution in [2.75, 3.05) is 13.7 Å². The third kappa shape index (κ3) is 6.86. The molecule has 0 aromatic heterocycles. The Kier molecular flexibility index (Phi) is 7.75. The van der Waals surface area contributed by atoms with Crippen molar-refractivity contribution >= 4 is 11.9 Å². The summed E-state index contributed by atoms with van der Waals surface area (Å²) in [5.41, 5.74) is -0.906. The molecule has 0 amide bonds. The monoisotopic (exact) mass is 290 g/mol. The molecular formula is C14H26O6. The van der Waals surface area contributed by atoms with Gasteiger partial charge >= 0.3 is 11.9 Å². The van der Waals surface area contributed by atoms with Crippen LogP contribution in [0.25, 0.3) is 0 Å². The van der Waals surface area contributed by atoms with Crippen molar-refractivity contribution in [3.63, 3.8) is 0 Å². The smallest absolute Gasteiger partial charge is 0.303 e. The van der Waals surface area contributed by atoms with Crippen LogP contribution in [0.4, 0.5) is 0 Å². The molecule has 0 N–H and O–H groups in total. The summed E-state index contributed by atoms with van der Waals surface area (Å²) < 4.78 is 21.4. The van der Waals surface area contributed by atoms with Crippen molar-refractivity contribution < 1.29 is 28.5 Å². The SMILES string of the molecule is CO[C@H](COC(C)=O)[C@@H](OC(C)C)C(C)(C)OC(C)=O. The highest BCUT2D eigenvalue weighted by atomic mass is 16.6. The summed E-state index contributed by atoms with van der Waals surface area (Å²) >= 11 is 0. The van der Waals surface area contributed by atoms with Crippen LogP contribution >= 0.6 is 0 Å². The number of rotatable bonds is 8. The molecule has 0 fully saturated rings. The van der Waals surface area contributed by atoms with E-state index in [1.807, 2.05) is 13.8 Å². The predicted octanol–water partition coefficient (Wildman–Crippen LogP) is 1.70. The van der Waals surface area contributed by atoms with Gasteiger partial charge in [-0.05, 0) is 27.7 Å². The summed E-state index contributed by atoms with van der Waals surface area (Å²) in [5.74, 6) is -0.810. The molecule has 0 rings (SSSR count). The minimum Gasteiger partial charge on any atom is -0.463 e. The van der Waals surface area contributed by atoms with Crippen molar-refractivity contribution in [1.82, 2.24) is 0 Å². The molecule has 0 unspecified atom stereocenters. The quantitative estimate of drug-likeness (QED) is 0.634. The first-order chi connectivity index (χ1) is 9.10. The molecule has 0 aromatic rings. The maximum Gasteiger partial charge on any atom is 0.303 e. The Morgan fingerprint density at radius 3 is 2.00 bits per heavy atom. The van der Waals surface area contributed by atoms with Crippen molar-refractivity contribution in [1.29, 1.82) is 0 Å². The van der Waals surface area contributed by atoms with Crippen LogP contribution in [0, 0.1) is 0 Å². The van der Waals surface area contributed by atoms with Gasteiger partial charge in [0.1, 0.15) is 24.4 Å². The van der Waals surface area contributed by atoms with E-state index < -0.39 is 29.7 Å². The molecule has 0 saturated heterocycles. The zero-order valence-corrected chi connectivity index (χ0v) is 13.4. The van der Waals surface area contributed by atoms with Crippen LogP contribution in [0.1, 0.15) is 41.5 Å². The van der Waals surface area contributed by atoms with Crippen LogP contribution in [0.5, 0.6) is 0 Å². The standard InChI is InChI=1S/C14H26O6/c1-9(2)19-13(14(5,6)20-11(4)16)12(17-7)8-18-10(3)15/h9,12-13H,8H2,1-7H3/t12-,13-/m1/s1. The van der Waals surface area contributed by atoms with Gasteiger partial charge in [0.05, 0.1) is 6.10 Å². The van der Waals surface area contributed by atoms with Gasteiger partial charge < -0.3 is 18.9 Å². The average molecular weight is 290 g/mol. The summed E-state index contributed by atoms with van der Waals surface area (Å²) in [6.07, 6.45) is -1.18. The second-order valence-electron chi connectivity index (χ2n) is 5.38. The predicted molar refractivity (Wildman–Crippen MR) is 73.3 cm³/mol. The van der Waals surface area contributed by atoms with Crippen LogP contribution in [0.3, 0.4) is 0 Å². The number of esters is 2. The molecule has 0 aliphatic carbocycles. The molecule has 0 bridgehead atoms. The first-order valence-electron chi connectivity index (χ1n) is 6.61. The molecule has 0 saturated carbocycles. The lowest BCUT2D eigenvalue weighted by Crippen LogP contribution is -2.52. The Morgan fingerprint density at radius 2 is 1.65 bits per heavy atom. The molecule has 0 radical (unpaired) electrons. The molecule has 0 aliphatic heterocycles. The fraction of sp³-hybridized carbons (Fsp3) is 0.857. The Hall–Kier alpha value is -1.14. The van der Waals surface area contributed by atoms with Crippen LogP contribution in [-0.2, 0) is 28.5 Å². The number of carbonyl (C=O) groups is 2. The van der Waals surface area contributed by atoms with Crippen LogP contribution < -0.4 is 0 Å². The zero-order valence-electron chi connectivity index (χ0n) is 13.4. The van der Waals surface area contributed by atoms with Gasteiger partial charge in [-0.1, -0.05) is 0 Å². The number of ether oxygens (including phenoxy) is 4. The van der Waals surface area contributed by atoms with Crippen molar-refractivity contribution in [3.05, 3.63) is 0 Å². The van der Waals surface area contributed by atoms with Crippen LogP contribution in [-0.4, -0.2) is 49.6 Å². The van der Waals surface area contributed by atoms with Gasteiger partial charge in [-0.25, -0.2) is 0 Å². The molecular weight excluding hydrogens is 264 g/mol. The maximum atomic E-state index is 11.2. The molecule has 6 heteroatoms. The largest absolute Gasteiger partial charge is 0.463 e. The highest BCUT2D eigenvalue weighted by molar-refractivity contribution is 5.66. The van der Waals surface area contributed by atoms with E-state index in [-0.39, 0.29) is 12.7 Å². The highest BCUT2D eigenvalue weighted by Gasteiger charge is 2.40. The minimum atomic E-state index is -0.906. The lowest BCUT2D eigenvalue weighted by molar-refractivity contribution is -0.200. The van der Waals surface area contributed by atoms with Gasteiger partial charge in [-0.2, -0.15) is 0 Å². The second-order valence-corrected chi connectivity index (χ2v) is 5.38. The normalized spacial score (nSPS) is 14.8. The van der Waals surface area contributed by atoms with E-state index in [0.29, 0.717) is 0 Å². The number of hydrogen-bond donors (Lipinski definition) is 0. The third-order valence-corrected chi connectivity index (χ3v) is 2.60. The third-order valence-electron chi connectivity index (χ3n) is 2.60. The molecule has 0 spiro atoms. The minimum absolute atomic E-state index is 0.0356. The average Bonchev–Trinajstić information content (AvgIpc) is 2.25. The Morgan fingerprint density at radius 1 is 1.10 bits per heavy atom. The van der Waals surface area contributed by atoms with E-state index in [9.17, 15) is 9.59 Å². The molecule has 0 aliphatic rings. The van der Waals surface area contributed by atoms with E-state index in [1.54, 1.807) is 13.8 Å². The van der Waals surface area contributed by atoms with E-state index in [2.05, 4.69) is 0 Å². The molecule has 2 atom stereocenters. The van der Waals surface area contributed by atoms with Crippen LogP contribution in [0.15, 0.2) is 0 Å². The van der Waals surface area contributed by atoms with Crippen LogP contribution in [0.2, 0.25) is 0 Å². The summed E-state index contributed by atoms with van der Waals surface area (Å²) in [6.45, 7) is 9.91. The topological polar surface area (TPSA) is 71.1 Å². The molecule has 0 heterocycles. The van der Waals surface area contributed by atoms with Crippen molar-refractivity contribution in [2.45, 2.75) is 65.5 Å². The van der Waals surface area contributed by atoms with Gasteiger partial charge in [0.25, 0.3) is 0 Å². The first kappa shape index (κ1) is 18.9. The van der Waals surface area contributed by atoms with E-state index in [4.69, 9.17) is 18.9 Å². The van der Waals surface area contributed by atoms with E-state index >= 15 is 0 Å². The summed E-state index contributed by atoms with van der Waals surface area (Å²) in [6, 6.07) is 0. The zero-order chi connectivity index (χ0) is 15.9. The summed E-state index contributed by atoms with van der Waals surface area (Å²) in [4.78, 5) is 22.2. The Balaban J connectivity index is 5.07. The van der Waals surface area contributed by atoms with Gasteiger partial charge in [0.2, 0.25) is 0 Å². The van der Waals surface area contributed by atoms with E-state index in [0.717, 1.165) is 0 Å². The summed E-state index contributed by atoms with van der Waals surface area (Å²) in [7, 11) is 1.49. The molecule has 6 nitrogen and oxygen atoms in total. The van der Waals surface area contributed by atoms with Gasteiger partial charge in [-0.3, -0.25) is 9.59 Å². The highest BCUT2D eigenvalue weighted by Crippen LogP contribution is 2.24. The second kappa shape index (κ2) is 8.21. The fourth-order valence-electron chi connectivity index (χ4n) is 1.90. The van der Waals surface area contributed by atoms with Gasteiger partial charge in [0, 0.05) is 21.0 Å². The van der Waals surface area contributed by atoms with Gasteiger partial charge in [0.15, 0.2) is 0 Å². The van der Waals surface area contributed by atoms with Crippen molar-refractivity contribution in [3.8, 4) is 0 Å². The molecule has 118 valence electrons. The molecule has 0 aromatic carbocycles. The summed E-state index contributed by atoms with van der Waals surface area (Å²) in [5, 5.41) is 0. The first-order valence-corrected chi connectivity index (χ1v) is 6.61. The van der Waals surface area contributed by atoms with Gasteiger partial charge in [-0.15, -0.1) is 0 Å². The lowest BCUT2D eigenvalue weighted by Gasteiger charge is -2.38. The number of carbonyl (C=O) groups excluding carboxylic acids is 2. The Bertz CT molecular complexity index is 324. The number of hydrogen-bond acceptors (Lipinski definition) is 6. The fourth-order valence-corrected chi connectivity index (χ4v) is 1.90. The molecule has 20 heavy (non-hydrogen) atoms. The van der Waals surface area contributed by atoms with Crippen molar-refractivity contribution in [2.24, 2.45) is 0 Å². The van der Waals surface area contributed by atoms with E-state index in [1.165, 1.54) is 21.0 Å². The Labute approximate surface area is 120 Å². The lowest BCUT2D eigenvalue weighted by atomic mass is 9.96.